The monoisotopic (exact) mass is 358 g/mol. The number of hydrogen-bond donors (Lipinski definition) is 3. The minimum atomic E-state index is -0.855. The number of carbonyl (C=O) groups excluding carboxylic acids is 1. The average Bonchev–Trinajstić information content (AvgIpc) is 2.36. The lowest BCUT2D eigenvalue weighted by atomic mass is 9.66. The summed E-state index contributed by atoms with van der Waals surface area (Å²) in [5.41, 5.74) is 0.00261. The molecular formula is C14H16BrFN2O3. The van der Waals surface area contributed by atoms with Crippen LogP contribution in [0.25, 0.3) is 0 Å². The van der Waals surface area contributed by atoms with Gasteiger partial charge in [0.1, 0.15) is 5.82 Å². The fraction of sp³-hybridized carbons (Fsp3) is 0.429. The van der Waals surface area contributed by atoms with Crippen LogP contribution in [0.2, 0.25) is 0 Å². The third kappa shape index (κ3) is 4.17. The van der Waals surface area contributed by atoms with E-state index in [4.69, 9.17) is 5.11 Å². The zero-order valence-electron chi connectivity index (χ0n) is 11.3. The molecule has 21 heavy (non-hydrogen) atoms. The lowest BCUT2D eigenvalue weighted by Crippen LogP contribution is -2.44. The first kappa shape index (κ1) is 15.8. The van der Waals surface area contributed by atoms with E-state index in [9.17, 15) is 14.0 Å². The number of halogens is 2. The predicted molar refractivity (Wildman–Crippen MR) is 79.7 cm³/mol. The Morgan fingerprint density at radius 3 is 2.62 bits per heavy atom. The summed E-state index contributed by atoms with van der Waals surface area (Å²) in [5, 5.41) is 14.1. The number of urea groups is 1. The van der Waals surface area contributed by atoms with Crippen molar-refractivity contribution in [2.24, 2.45) is 5.41 Å². The molecule has 1 aromatic carbocycles. The van der Waals surface area contributed by atoms with E-state index in [0.29, 0.717) is 16.7 Å². The summed E-state index contributed by atoms with van der Waals surface area (Å²) < 4.78 is 13.7. The van der Waals surface area contributed by atoms with Gasteiger partial charge in [0, 0.05) is 12.2 Å². The van der Waals surface area contributed by atoms with Crippen LogP contribution in [0.15, 0.2) is 22.7 Å². The highest BCUT2D eigenvalue weighted by molar-refractivity contribution is 9.10. The van der Waals surface area contributed by atoms with E-state index < -0.39 is 17.8 Å². The molecule has 5 nitrogen and oxygen atoms in total. The lowest BCUT2D eigenvalue weighted by molar-refractivity contribution is -0.141. The van der Waals surface area contributed by atoms with E-state index in [-0.39, 0.29) is 11.8 Å². The molecule has 1 saturated carbocycles. The first-order valence-corrected chi connectivity index (χ1v) is 7.41. The van der Waals surface area contributed by atoms with Gasteiger partial charge in [0.25, 0.3) is 0 Å². The van der Waals surface area contributed by atoms with Crippen molar-refractivity contribution in [2.45, 2.75) is 25.7 Å². The zero-order chi connectivity index (χ0) is 15.5. The second-order valence-corrected chi connectivity index (χ2v) is 6.21. The van der Waals surface area contributed by atoms with Crippen molar-refractivity contribution in [3.63, 3.8) is 0 Å². The Labute approximate surface area is 130 Å². The van der Waals surface area contributed by atoms with Crippen molar-refractivity contribution >= 4 is 33.6 Å². The fourth-order valence-electron chi connectivity index (χ4n) is 2.43. The maximum absolute atomic E-state index is 13.3. The molecule has 0 aliphatic heterocycles. The molecule has 1 aliphatic rings. The van der Waals surface area contributed by atoms with E-state index in [1.165, 1.54) is 12.1 Å². The Balaban J connectivity index is 1.87. The summed E-state index contributed by atoms with van der Waals surface area (Å²) >= 11 is 3.03. The molecule has 1 aliphatic carbocycles. The quantitative estimate of drug-likeness (QED) is 0.754. The van der Waals surface area contributed by atoms with Crippen LogP contribution in [0.1, 0.15) is 25.7 Å². The van der Waals surface area contributed by atoms with Crippen LogP contribution in [0, 0.1) is 11.2 Å². The molecule has 0 bridgehead atoms. The van der Waals surface area contributed by atoms with E-state index in [2.05, 4.69) is 26.6 Å². The number of aliphatic carboxylic acids is 1. The number of nitrogens with one attached hydrogen (secondary N) is 2. The van der Waals surface area contributed by atoms with Crippen molar-refractivity contribution in [3.8, 4) is 0 Å². The SMILES string of the molecule is O=C(O)CC1(CNC(=O)Nc2ccc(Br)c(F)c2)CCC1. The number of anilines is 1. The summed E-state index contributed by atoms with van der Waals surface area (Å²) in [6, 6.07) is 3.82. The third-order valence-electron chi connectivity index (χ3n) is 3.74. The molecule has 7 heteroatoms. The van der Waals surface area contributed by atoms with Crippen molar-refractivity contribution in [1.82, 2.24) is 5.32 Å². The minimum absolute atomic E-state index is 0.0557. The van der Waals surface area contributed by atoms with Gasteiger partial charge in [-0.2, -0.15) is 0 Å². The van der Waals surface area contributed by atoms with Crippen LogP contribution < -0.4 is 10.6 Å². The fourth-order valence-corrected chi connectivity index (χ4v) is 2.68. The molecule has 2 amide bonds. The molecule has 1 fully saturated rings. The number of carbonyl (C=O) groups is 2. The molecule has 3 N–H and O–H groups in total. The van der Waals surface area contributed by atoms with Gasteiger partial charge in [0.15, 0.2) is 0 Å². The van der Waals surface area contributed by atoms with Gasteiger partial charge in [-0.25, -0.2) is 9.18 Å². The number of benzene rings is 1. The van der Waals surface area contributed by atoms with Crippen molar-refractivity contribution in [1.29, 1.82) is 0 Å². The maximum Gasteiger partial charge on any atom is 0.319 e. The number of rotatable bonds is 5. The van der Waals surface area contributed by atoms with Gasteiger partial charge < -0.3 is 15.7 Å². The van der Waals surface area contributed by atoms with Gasteiger partial charge in [-0.05, 0) is 52.4 Å². The van der Waals surface area contributed by atoms with Gasteiger partial charge >= 0.3 is 12.0 Å². The van der Waals surface area contributed by atoms with Crippen LogP contribution in [-0.2, 0) is 4.79 Å². The largest absolute Gasteiger partial charge is 0.481 e. The second kappa shape index (κ2) is 6.43. The maximum atomic E-state index is 13.3. The normalized spacial score (nSPS) is 15.9. The number of carboxylic acids is 1. The molecule has 1 aromatic rings. The van der Waals surface area contributed by atoms with Crippen LogP contribution in [0.3, 0.4) is 0 Å². The third-order valence-corrected chi connectivity index (χ3v) is 4.38. The van der Waals surface area contributed by atoms with E-state index in [0.717, 1.165) is 19.3 Å². The highest BCUT2D eigenvalue weighted by Gasteiger charge is 2.39. The van der Waals surface area contributed by atoms with Gasteiger partial charge in [0.05, 0.1) is 10.9 Å². The minimum Gasteiger partial charge on any atom is -0.481 e. The van der Waals surface area contributed by atoms with Crippen molar-refractivity contribution in [3.05, 3.63) is 28.5 Å². The molecule has 0 atom stereocenters. The summed E-state index contributed by atoms with van der Waals surface area (Å²) in [6.07, 6.45) is 2.63. The summed E-state index contributed by atoms with van der Waals surface area (Å²) in [6.45, 7) is 0.310. The Bertz CT molecular complexity index is 561. The predicted octanol–water partition coefficient (Wildman–Crippen LogP) is 3.35. The summed E-state index contributed by atoms with van der Waals surface area (Å²) in [4.78, 5) is 22.6. The van der Waals surface area contributed by atoms with Crippen molar-refractivity contribution in [2.75, 3.05) is 11.9 Å². The molecule has 0 heterocycles. The van der Waals surface area contributed by atoms with E-state index >= 15 is 0 Å². The topological polar surface area (TPSA) is 78.4 Å². The van der Waals surface area contributed by atoms with Crippen LogP contribution in [0.5, 0.6) is 0 Å². The smallest absolute Gasteiger partial charge is 0.319 e. The van der Waals surface area contributed by atoms with Crippen LogP contribution in [0.4, 0.5) is 14.9 Å². The molecule has 0 unspecified atom stereocenters. The summed E-state index contributed by atoms with van der Waals surface area (Å²) in [7, 11) is 0. The molecular weight excluding hydrogens is 343 g/mol. The Hall–Kier alpha value is -1.63. The zero-order valence-corrected chi connectivity index (χ0v) is 12.9. The number of carboxylic acid groups (broad SMARTS) is 1. The molecule has 0 saturated heterocycles. The van der Waals surface area contributed by atoms with Gasteiger partial charge in [-0.15, -0.1) is 0 Å². The number of amides is 2. The van der Waals surface area contributed by atoms with Crippen LogP contribution >= 0.6 is 15.9 Å². The van der Waals surface area contributed by atoms with Gasteiger partial charge in [-0.1, -0.05) is 6.42 Å². The highest BCUT2D eigenvalue weighted by Crippen LogP contribution is 2.43. The summed E-state index contributed by atoms with van der Waals surface area (Å²) in [5.74, 6) is -1.32. The molecule has 0 aromatic heterocycles. The number of hydrogen-bond acceptors (Lipinski definition) is 2. The van der Waals surface area contributed by atoms with E-state index in [1.807, 2.05) is 0 Å². The first-order chi connectivity index (χ1) is 9.90. The van der Waals surface area contributed by atoms with Crippen LogP contribution in [-0.4, -0.2) is 23.7 Å². The Kier molecular flexibility index (Phi) is 4.82. The molecule has 0 radical (unpaired) electrons. The molecule has 0 spiro atoms. The lowest BCUT2D eigenvalue weighted by Gasteiger charge is -2.40. The Morgan fingerprint density at radius 2 is 2.10 bits per heavy atom. The van der Waals surface area contributed by atoms with Gasteiger partial charge in [0.2, 0.25) is 0 Å². The van der Waals surface area contributed by atoms with E-state index in [1.54, 1.807) is 6.07 Å². The highest BCUT2D eigenvalue weighted by atomic mass is 79.9. The first-order valence-electron chi connectivity index (χ1n) is 6.62. The second-order valence-electron chi connectivity index (χ2n) is 5.36. The van der Waals surface area contributed by atoms with Gasteiger partial charge in [-0.3, -0.25) is 4.79 Å². The van der Waals surface area contributed by atoms with Crippen molar-refractivity contribution < 1.29 is 19.1 Å². The molecule has 114 valence electrons. The average molecular weight is 359 g/mol. The molecule has 2 rings (SSSR count). The standard InChI is InChI=1S/C14H16BrFN2O3/c15-10-3-2-9(6-11(10)16)18-13(21)17-8-14(4-1-5-14)7-12(19)20/h2-3,6H,1,4-5,7-8H2,(H,19,20)(H2,17,18,21). The Morgan fingerprint density at radius 1 is 1.38 bits per heavy atom.